The lowest BCUT2D eigenvalue weighted by Gasteiger charge is -2.28. The van der Waals surface area contributed by atoms with Crippen LogP contribution in [-0.2, 0) is 14.3 Å². The molecule has 0 aliphatic carbocycles. The molecule has 1 heterocycles. The highest BCUT2D eigenvalue weighted by atomic mass is 32.2. The van der Waals surface area contributed by atoms with Gasteiger partial charge in [-0.1, -0.05) is 32.0 Å². The van der Waals surface area contributed by atoms with Crippen molar-refractivity contribution in [3.05, 3.63) is 65.4 Å². The number of carbonyl (C=O) groups excluding carboxylic acids is 2. The average Bonchev–Trinajstić information content (AvgIpc) is 3.06. The van der Waals surface area contributed by atoms with Crippen LogP contribution in [0.1, 0.15) is 31.9 Å². The van der Waals surface area contributed by atoms with E-state index in [-0.39, 0.29) is 17.3 Å². The molecule has 0 saturated heterocycles. The summed E-state index contributed by atoms with van der Waals surface area (Å²) in [4.78, 5) is 28.8. The highest BCUT2D eigenvalue weighted by Crippen LogP contribution is 2.44. The van der Waals surface area contributed by atoms with Crippen LogP contribution in [-0.4, -0.2) is 43.4 Å². The number of ketones is 1. The van der Waals surface area contributed by atoms with E-state index in [0.29, 0.717) is 36.6 Å². The fourth-order valence-corrected chi connectivity index (χ4v) is 4.10. The molecule has 0 spiro atoms. The summed E-state index contributed by atoms with van der Waals surface area (Å²) >= 11 is 1.60. The van der Waals surface area contributed by atoms with Gasteiger partial charge in [0.25, 0.3) is 5.91 Å². The molecule has 3 rings (SSSR count). The summed E-state index contributed by atoms with van der Waals surface area (Å²) < 4.78 is 11.1. The first-order chi connectivity index (χ1) is 15.4. The number of hydrogen-bond acceptors (Lipinski definition) is 6. The van der Waals surface area contributed by atoms with Crippen molar-refractivity contribution in [2.45, 2.75) is 31.2 Å². The monoisotopic (exact) mass is 455 g/mol. The predicted molar refractivity (Wildman–Crippen MR) is 126 cm³/mol. The molecule has 1 aliphatic heterocycles. The summed E-state index contributed by atoms with van der Waals surface area (Å²) in [5.74, 6) is -1.17. The molecule has 2 aromatic carbocycles. The summed E-state index contributed by atoms with van der Waals surface area (Å²) in [6.07, 6.45) is 2.68. The zero-order chi connectivity index (χ0) is 23.3. The number of rotatable bonds is 10. The molecule has 1 N–H and O–H groups in total. The zero-order valence-corrected chi connectivity index (χ0v) is 19.6. The number of Topliss-reactive ketones (excluding diaryl/α,β-unsaturated/α-hetero) is 1. The molecular formula is C25H29NO5S. The number of aliphatic hydroxyl groups is 1. The van der Waals surface area contributed by atoms with Gasteiger partial charge < -0.3 is 14.6 Å². The fourth-order valence-electron chi connectivity index (χ4n) is 3.69. The van der Waals surface area contributed by atoms with Crippen molar-refractivity contribution >= 4 is 29.1 Å². The molecule has 7 heteroatoms. The van der Waals surface area contributed by atoms with E-state index < -0.39 is 17.7 Å². The molecule has 1 atom stereocenters. The van der Waals surface area contributed by atoms with Crippen molar-refractivity contribution in [1.29, 1.82) is 0 Å². The van der Waals surface area contributed by atoms with Crippen LogP contribution in [0.2, 0.25) is 0 Å². The fraction of sp³-hybridized carbons (Fsp3) is 0.360. The van der Waals surface area contributed by atoms with Crippen LogP contribution in [0.15, 0.2) is 64.8 Å². The van der Waals surface area contributed by atoms with Crippen LogP contribution in [0.25, 0.3) is 0 Å². The standard InChI is InChI=1S/C25H29NO5S/c1-16(2)23(27)21-22(19-8-5-6-9-20(19)31-15-7-14-30-3)26(25(29)24(21)28)17-10-12-18(32-4)13-11-17/h5-6,8-13,16,22,28H,7,14-15H2,1-4H3. The Morgan fingerprint density at radius 2 is 1.81 bits per heavy atom. The molecule has 1 aliphatic rings. The van der Waals surface area contributed by atoms with Crippen LogP contribution in [0.5, 0.6) is 5.75 Å². The van der Waals surface area contributed by atoms with Gasteiger partial charge in [-0.3, -0.25) is 14.5 Å². The number of ether oxygens (including phenoxy) is 2. The highest BCUT2D eigenvalue weighted by molar-refractivity contribution is 7.98. The minimum atomic E-state index is -0.781. The predicted octanol–water partition coefficient (Wildman–Crippen LogP) is 4.95. The third-order valence-corrected chi connectivity index (χ3v) is 6.06. The summed E-state index contributed by atoms with van der Waals surface area (Å²) in [5.41, 5.74) is 1.36. The molecule has 170 valence electrons. The smallest absolute Gasteiger partial charge is 0.294 e. The zero-order valence-electron chi connectivity index (χ0n) is 18.8. The van der Waals surface area contributed by atoms with Crippen molar-refractivity contribution in [2.24, 2.45) is 5.92 Å². The maximum atomic E-state index is 13.2. The SMILES string of the molecule is COCCCOc1ccccc1C1C(C(=O)C(C)C)=C(O)C(=O)N1c1ccc(SC)cc1. The Hall–Kier alpha value is -2.77. The minimum Gasteiger partial charge on any atom is -0.503 e. The third-order valence-electron chi connectivity index (χ3n) is 5.31. The van der Waals surface area contributed by atoms with E-state index in [0.717, 1.165) is 4.90 Å². The second-order valence-electron chi connectivity index (χ2n) is 7.79. The van der Waals surface area contributed by atoms with Gasteiger partial charge >= 0.3 is 0 Å². The molecule has 32 heavy (non-hydrogen) atoms. The lowest BCUT2D eigenvalue weighted by atomic mass is 9.90. The Morgan fingerprint density at radius 1 is 1.12 bits per heavy atom. The number of aliphatic hydroxyl groups excluding tert-OH is 1. The summed E-state index contributed by atoms with van der Waals surface area (Å²) in [7, 11) is 1.63. The first-order valence-corrected chi connectivity index (χ1v) is 11.8. The molecule has 0 saturated carbocycles. The second kappa shape index (κ2) is 10.7. The van der Waals surface area contributed by atoms with E-state index in [4.69, 9.17) is 9.47 Å². The summed E-state index contributed by atoms with van der Waals surface area (Å²) in [6.45, 7) is 4.51. The van der Waals surface area contributed by atoms with E-state index in [2.05, 4.69) is 0 Å². The molecule has 1 amide bonds. The Kier molecular flexibility index (Phi) is 7.99. The normalized spacial score (nSPS) is 16.2. The lowest BCUT2D eigenvalue weighted by Crippen LogP contribution is -2.31. The maximum Gasteiger partial charge on any atom is 0.294 e. The maximum absolute atomic E-state index is 13.2. The van der Waals surface area contributed by atoms with E-state index in [1.54, 1.807) is 32.7 Å². The number of carbonyl (C=O) groups is 2. The van der Waals surface area contributed by atoms with Gasteiger partial charge in [0.05, 0.1) is 18.2 Å². The number of hydrogen-bond donors (Lipinski definition) is 1. The number of anilines is 1. The van der Waals surface area contributed by atoms with Crippen LogP contribution in [0.4, 0.5) is 5.69 Å². The van der Waals surface area contributed by atoms with Crippen molar-refractivity contribution in [2.75, 3.05) is 31.5 Å². The van der Waals surface area contributed by atoms with E-state index in [1.807, 2.05) is 54.8 Å². The van der Waals surface area contributed by atoms with Crippen molar-refractivity contribution < 1.29 is 24.2 Å². The van der Waals surface area contributed by atoms with Crippen molar-refractivity contribution in [1.82, 2.24) is 0 Å². The van der Waals surface area contributed by atoms with Gasteiger partial charge in [-0.05, 0) is 36.6 Å². The molecule has 0 fully saturated rings. The number of methoxy groups -OCH3 is 1. The van der Waals surface area contributed by atoms with Crippen LogP contribution in [0, 0.1) is 5.92 Å². The van der Waals surface area contributed by atoms with E-state index >= 15 is 0 Å². The number of thioether (sulfide) groups is 1. The Labute approximate surface area is 193 Å². The number of para-hydroxylation sites is 1. The van der Waals surface area contributed by atoms with Crippen LogP contribution < -0.4 is 9.64 Å². The Morgan fingerprint density at radius 3 is 2.44 bits per heavy atom. The number of nitrogens with zero attached hydrogens (tertiary/aromatic N) is 1. The number of amides is 1. The van der Waals surface area contributed by atoms with Crippen molar-refractivity contribution in [3.63, 3.8) is 0 Å². The third kappa shape index (κ3) is 4.84. The van der Waals surface area contributed by atoms with Gasteiger partial charge in [0.1, 0.15) is 5.75 Å². The average molecular weight is 456 g/mol. The van der Waals surface area contributed by atoms with Gasteiger partial charge in [0.2, 0.25) is 0 Å². The molecule has 6 nitrogen and oxygen atoms in total. The van der Waals surface area contributed by atoms with E-state index in [9.17, 15) is 14.7 Å². The van der Waals surface area contributed by atoms with Crippen LogP contribution >= 0.6 is 11.8 Å². The molecular weight excluding hydrogens is 426 g/mol. The lowest BCUT2D eigenvalue weighted by molar-refractivity contribution is -0.119. The van der Waals surface area contributed by atoms with Crippen LogP contribution in [0.3, 0.4) is 0 Å². The summed E-state index contributed by atoms with van der Waals surface area (Å²) in [5, 5.41) is 10.8. The van der Waals surface area contributed by atoms with Gasteiger partial charge in [-0.25, -0.2) is 0 Å². The quantitative estimate of drug-likeness (QED) is 0.404. The van der Waals surface area contributed by atoms with Gasteiger partial charge in [0, 0.05) is 42.2 Å². The first-order valence-electron chi connectivity index (χ1n) is 10.6. The summed E-state index contributed by atoms with van der Waals surface area (Å²) in [6, 6.07) is 14.0. The second-order valence-corrected chi connectivity index (χ2v) is 8.67. The first kappa shape index (κ1) is 23.9. The van der Waals surface area contributed by atoms with Gasteiger partial charge in [-0.2, -0.15) is 0 Å². The molecule has 0 aromatic heterocycles. The van der Waals surface area contributed by atoms with E-state index in [1.165, 1.54) is 4.90 Å². The number of benzene rings is 2. The van der Waals surface area contributed by atoms with Gasteiger partial charge in [0.15, 0.2) is 11.5 Å². The molecule has 0 bridgehead atoms. The molecule has 1 unspecified atom stereocenters. The molecule has 2 aromatic rings. The Bertz CT molecular complexity index is 1000. The highest BCUT2D eigenvalue weighted by Gasteiger charge is 2.45. The molecule has 0 radical (unpaired) electrons. The Balaban J connectivity index is 2.10. The van der Waals surface area contributed by atoms with Gasteiger partial charge in [-0.15, -0.1) is 11.8 Å². The largest absolute Gasteiger partial charge is 0.503 e. The minimum absolute atomic E-state index is 0.104. The topological polar surface area (TPSA) is 76.1 Å². The van der Waals surface area contributed by atoms with Crippen molar-refractivity contribution in [3.8, 4) is 5.75 Å².